The van der Waals surface area contributed by atoms with Crippen molar-refractivity contribution in [3.63, 3.8) is 0 Å². The Balaban J connectivity index is 2.07. The van der Waals surface area contributed by atoms with Crippen molar-refractivity contribution in [2.45, 2.75) is 83.0 Å². The molecule has 1 saturated carbocycles. The maximum absolute atomic E-state index is 6.19. The molecule has 0 aromatic carbocycles. The van der Waals surface area contributed by atoms with E-state index in [1.165, 1.54) is 38.5 Å². The molecule has 2 unspecified atom stereocenters. The predicted molar refractivity (Wildman–Crippen MR) is 83.0 cm³/mol. The lowest BCUT2D eigenvalue weighted by Gasteiger charge is -2.46. The summed E-state index contributed by atoms with van der Waals surface area (Å²) in [6.45, 7) is 8.66. The first-order chi connectivity index (χ1) is 9.53. The van der Waals surface area contributed by atoms with E-state index in [0.29, 0.717) is 12.0 Å². The maximum atomic E-state index is 6.19. The Morgan fingerprint density at radius 3 is 2.65 bits per heavy atom. The van der Waals surface area contributed by atoms with Gasteiger partial charge in [0.15, 0.2) is 0 Å². The number of methoxy groups -OCH3 is 1. The van der Waals surface area contributed by atoms with E-state index < -0.39 is 0 Å². The molecular weight excluding hydrogens is 250 g/mol. The summed E-state index contributed by atoms with van der Waals surface area (Å²) in [5.74, 6) is 0.670. The van der Waals surface area contributed by atoms with Crippen molar-refractivity contribution < 1.29 is 9.47 Å². The number of nitrogens with one attached hydrogen (secondary N) is 1. The van der Waals surface area contributed by atoms with Crippen LogP contribution in [0.4, 0.5) is 0 Å². The molecule has 0 aromatic rings. The van der Waals surface area contributed by atoms with Gasteiger partial charge in [-0.1, -0.05) is 19.8 Å². The monoisotopic (exact) mass is 283 g/mol. The lowest BCUT2D eigenvalue weighted by atomic mass is 9.75. The summed E-state index contributed by atoms with van der Waals surface area (Å²) in [6, 6.07) is 0.425. The van der Waals surface area contributed by atoms with Crippen molar-refractivity contribution in [1.82, 2.24) is 5.32 Å². The van der Waals surface area contributed by atoms with Crippen molar-refractivity contribution in [3.05, 3.63) is 0 Å². The van der Waals surface area contributed by atoms with Crippen molar-refractivity contribution in [3.8, 4) is 0 Å². The highest BCUT2D eigenvalue weighted by atomic mass is 16.5. The van der Waals surface area contributed by atoms with E-state index in [0.717, 1.165) is 19.6 Å². The van der Waals surface area contributed by atoms with Gasteiger partial charge in [0.05, 0.1) is 11.2 Å². The Kier molecular flexibility index (Phi) is 5.49. The topological polar surface area (TPSA) is 30.5 Å². The molecule has 1 aliphatic carbocycles. The maximum Gasteiger partial charge on any atom is 0.0777 e. The van der Waals surface area contributed by atoms with Crippen LogP contribution in [0.1, 0.15) is 65.7 Å². The van der Waals surface area contributed by atoms with Gasteiger partial charge >= 0.3 is 0 Å². The minimum Gasteiger partial charge on any atom is -0.377 e. The third-order valence-corrected chi connectivity index (χ3v) is 5.41. The SMILES string of the molecule is CCCNC(C1CCOC2(CCCC2)C1)C(C)(C)OC. The molecule has 1 saturated heterocycles. The first-order valence-electron chi connectivity index (χ1n) is 8.45. The zero-order valence-corrected chi connectivity index (χ0v) is 13.8. The van der Waals surface area contributed by atoms with Crippen molar-refractivity contribution in [2.75, 3.05) is 20.3 Å². The first kappa shape index (κ1) is 16.3. The van der Waals surface area contributed by atoms with Gasteiger partial charge in [0, 0.05) is 19.8 Å². The van der Waals surface area contributed by atoms with E-state index in [9.17, 15) is 0 Å². The van der Waals surface area contributed by atoms with Gasteiger partial charge in [0.25, 0.3) is 0 Å². The molecule has 0 radical (unpaired) electrons. The molecule has 1 N–H and O–H groups in total. The van der Waals surface area contributed by atoms with Crippen molar-refractivity contribution in [2.24, 2.45) is 5.92 Å². The Bertz CT molecular complexity index is 297. The second kappa shape index (κ2) is 6.76. The highest BCUT2D eigenvalue weighted by molar-refractivity contribution is 4.98. The van der Waals surface area contributed by atoms with E-state index in [-0.39, 0.29) is 11.2 Å². The summed E-state index contributed by atoms with van der Waals surface area (Å²) < 4.78 is 12.0. The van der Waals surface area contributed by atoms with E-state index >= 15 is 0 Å². The first-order valence-corrected chi connectivity index (χ1v) is 8.45. The van der Waals surface area contributed by atoms with Crippen LogP contribution in [0.5, 0.6) is 0 Å². The van der Waals surface area contributed by atoms with Crippen LogP contribution in [0.2, 0.25) is 0 Å². The molecule has 0 amide bonds. The van der Waals surface area contributed by atoms with Gasteiger partial charge in [-0.05, 0) is 58.4 Å². The fourth-order valence-electron chi connectivity index (χ4n) is 4.12. The smallest absolute Gasteiger partial charge is 0.0777 e. The molecule has 0 bridgehead atoms. The van der Waals surface area contributed by atoms with Crippen LogP contribution in [0.15, 0.2) is 0 Å². The molecule has 20 heavy (non-hydrogen) atoms. The molecule has 1 aliphatic heterocycles. The average molecular weight is 283 g/mol. The van der Waals surface area contributed by atoms with Gasteiger partial charge in [-0.25, -0.2) is 0 Å². The highest BCUT2D eigenvalue weighted by Gasteiger charge is 2.45. The molecule has 1 spiro atoms. The standard InChI is InChI=1S/C17H33NO2/c1-5-11-18-15(16(2,3)19-4)14-8-12-20-17(13-14)9-6-7-10-17/h14-15,18H,5-13H2,1-4H3. The normalized spacial score (nSPS) is 27.9. The summed E-state index contributed by atoms with van der Waals surface area (Å²) in [7, 11) is 1.84. The number of hydrogen-bond acceptors (Lipinski definition) is 3. The zero-order valence-electron chi connectivity index (χ0n) is 13.8. The molecule has 118 valence electrons. The number of hydrogen-bond donors (Lipinski definition) is 1. The van der Waals surface area contributed by atoms with Gasteiger partial charge in [-0.15, -0.1) is 0 Å². The summed E-state index contributed by atoms with van der Waals surface area (Å²) in [6.07, 6.45) is 8.75. The van der Waals surface area contributed by atoms with Gasteiger partial charge in [-0.3, -0.25) is 0 Å². The average Bonchev–Trinajstić information content (AvgIpc) is 2.87. The fourth-order valence-corrected chi connectivity index (χ4v) is 4.12. The van der Waals surface area contributed by atoms with Crippen molar-refractivity contribution in [1.29, 1.82) is 0 Å². The van der Waals surface area contributed by atoms with Crippen LogP contribution < -0.4 is 5.32 Å². The molecule has 2 atom stereocenters. The van der Waals surface area contributed by atoms with Gasteiger partial charge in [-0.2, -0.15) is 0 Å². The predicted octanol–water partition coefficient (Wildman–Crippen LogP) is 3.52. The summed E-state index contributed by atoms with van der Waals surface area (Å²) >= 11 is 0. The Morgan fingerprint density at radius 2 is 2.05 bits per heavy atom. The molecule has 1 heterocycles. The zero-order chi connectivity index (χ0) is 14.6. The second-order valence-electron chi connectivity index (χ2n) is 7.23. The molecule has 2 aliphatic rings. The lowest BCUT2D eigenvalue weighted by molar-refractivity contribution is -0.117. The fraction of sp³-hybridized carbons (Fsp3) is 1.00. The third-order valence-electron chi connectivity index (χ3n) is 5.41. The van der Waals surface area contributed by atoms with Crippen LogP contribution >= 0.6 is 0 Å². The summed E-state index contributed by atoms with van der Waals surface area (Å²) in [5, 5.41) is 3.76. The Morgan fingerprint density at radius 1 is 1.35 bits per heavy atom. The van der Waals surface area contributed by atoms with E-state index in [1.54, 1.807) is 0 Å². The number of rotatable bonds is 6. The summed E-state index contributed by atoms with van der Waals surface area (Å²) in [4.78, 5) is 0. The minimum atomic E-state index is -0.114. The van der Waals surface area contributed by atoms with E-state index in [2.05, 4.69) is 26.1 Å². The van der Waals surface area contributed by atoms with Crippen LogP contribution in [-0.2, 0) is 9.47 Å². The van der Waals surface area contributed by atoms with E-state index in [1.807, 2.05) is 7.11 Å². The summed E-state index contributed by atoms with van der Waals surface area (Å²) in [5.41, 5.74) is 0.0792. The lowest BCUT2D eigenvalue weighted by Crippen LogP contribution is -2.56. The number of ether oxygens (including phenoxy) is 2. The molecule has 2 fully saturated rings. The van der Waals surface area contributed by atoms with E-state index in [4.69, 9.17) is 9.47 Å². The molecular formula is C17H33NO2. The highest BCUT2D eigenvalue weighted by Crippen LogP contribution is 2.44. The second-order valence-corrected chi connectivity index (χ2v) is 7.23. The molecule has 3 heteroatoms. The van der Waals surface area contributed by atoms with Crippen LogP contribution in [0.3, 0.4) is 0 Å². The van der Waals surface area contributed by atoms with Crippen molar-refractivity contribution >= 4 is 0 Å². The third kappa shape index (κ3) is 3.55. The largest absolute Gasteiger partial charge is 0.377 e. The van der Waals surface area contributed by atoms with Crippen LogP contribution in [0, 0.1) is 5.92 Å². The van der Waals surface area contributed by atoms with Gasteiger partial charge < -0.3 is 14.8 Å². The molecule has 2 rings (SSSR count). The van der Waals surface area contributed by atoms with Gasteiger partial charge in [0.1, 0.15) is 0 Å². The van der Waals surface area contributed by atoms with Crippen LogP contribution in [-0.4, -0.2) is 37.5 Å². The van der Waals surface area contributed by atoms with Crippen LogP contribution in [0.25, 0.3) is 0 Å². The van der Waals surface area contributed by atoms with Gasteiger partial charge in [0.2, 0.25) is 0 Å². The minimum absolute atomic E-state index is 0.114. The Labute approximate surface area is 124 Å². The quantitative estimate of drug-likeness (QED) is 0.809. The Hall–Kier alpha value is -0.120. The molecule has 3 nitrogen and oxygen atoms in total. The molecule has 0 aromatic heterocycles.